The Kier molecular flexibility index (Phi) is 6.85. The smallest absolute Gasteiger partial charge is 0.339 e. The summed E-state index contributed by atoms with van der Waals surface area (Å²) in [5, 5.41) is 22.7. The van der Waals surface area contributed by atoms with E-state index in [-0.39, 0.29) is 27.6 Å². The number of anilines is 1. The SMILES string of the molecule is Cc1ccc(S(=O)(=O)Oc2cccc(/C=C(\C#N)C(=O)Nc3cccc([N+](=O)[O-])c3)c2)cc1. The van der Waals surface area contributed by atoms with Gasteiger partial charge in [-0.25, -0.2) is 0 Å². The minimum atomic E-state index is -4.07. The number of amides is 1. The average Bonchev–Trinajstić information content (AvgIpc) is 2.77. The number of aryl methyl sites for hydroxylation is 1. The molecule has 0 heterocycles. The third-order valence-corrected chi connectivity index (χ3v) is 5.63. The zero-order valence-corrected chi connectivity index (χ0v) is 18.1. The van der Waals surface area contributed by atoms with Crippen molar-refractivity contribution >= 4 is 33.5 Å². The fraction of sp³-hybridized carbons (Fsp3) is 0.0435. The van der Waals surface area contributed by atoms with Gasteiger partial charge in [0.1, 0.15) is 22.3 Å². The van der Waals surface area contributed by atoms with Gasteiger partial charge in [0, 0.05) is 17.8 Å². The van der Waals surface area contributed by atoms with Crippen LogP contribution in [0.5, 0.6) is 5.75 Å². The highest BCUT2D eigenvalue weighted by Crippen LogP contribution is 2.22. The van der Waals surface area contributed by atoms with Gasteiger partial charge in [0.25, 0.3) is 11.6 Å². The molecule has 3 aromatic rings. The van der Waals surface area contributed by atoms with Crippen LogP contribution in [0.1, 0.15) is 11.1 Å². The van der Waals surface area contributed by atoms with Crippen molar-refractivity contribution in [2.24, 2.45) is 0 Å². The van der Waals surface area contributed by atoms with Crippen LogP contribution in [0.3, 0.4) is 0 Å². The maximum atomic E-state index is 12.5. The van der Waals surface area contributed by atoms with Gasteiger partial charge in [0.2, 0.25) is 0 Å². The van der Waals surface area contributed by atoms with Crippen molar-refractivity contribution < 1.29 is 22.3 Å². The van der Waals surface area contributed by atoms with Gasteiger partial charge in [0.15, 0.2) is 0 Å². The van der Waals surface area contributed by atoms with E-state index in [1.165, 1.54) is 54.6 Å². The zero-order chi connectivity index (χ0) is 24.0. The molecule has 0 fully saturated rings. The van der Waals surface area contributed by atoms with Crippen molar-refractivity contribution in [3.8, 4) is 11.8 Å². The van der Waals surface area contributed by atoms with E-state index in [0.717, 1.165) is 11.6 Å². The van der Waals surface area contributed by atoms with Crippen molar-refractivity contribution in [3.63, 3.8) is 0 Å². The first-order chi connectivity index (χ1) is 15.7. The lowest BCUT2D eigenvalue weighted by Gasteiger charge is -2.08. The Morgan fingerprint density at radius 1 is 1.09 bits per heavy atom. The van der Waals surface area contributed by atoms with Crippen LogP contribution in [-0.4, -0.2) is 19.2 Å². The maximum Gasteiger partial charge on any atom is 0.339 e. The summed E-state index contributed by atoms with van der Waals surface area (Å²) in [6.07, 6.45) is 1.25. The summed E-state index contributed by atoms with van der Waals surface area (Å²) >= 11 is 0. The topological polar surface area (TPSA) is 139 Å². The molecular formula is C23H17N3O6S. The summed E-state index contributed by atoms with van der Waals surface area (Å²) in [5.41, 5.74) is 0.887. The first-order valence-electron chi connectivity index (χ1n) is 9.47. The zero-order valence-electron chi connectivity index (χ0n) is 17.3. The Balaban J connectivity index is 1.80. The number of carbonyl (C=O) groups is 1. The molecule has 0 aliphatic heterocycles. The molecule has 0 spiro atoms. The second-order valence-corrected chi connectivity index (χ2v) is 8.40. The molecule has 0 bridgehead atoms. The van der Waals surface area contributed by atoms with Gasteiger partial charge >= 0.3 is 10.1 Å². The molecule has 3 aromatic carbocycles. The highest BCUT2D eigenvalue weighted by Gasteiger charge is 2.17. The predicted molar refractivity (Wildman–Crippen MR) is 121 cm³/mol. The van der Waals surface area contributed by atoms with Crippen molar-refractivity contribution in [2.45, 2.75) is 11.8 Å². The number of nitro benzene ring substituents is 1. The molecular weight excluding hydrogens is 446 g/mol. The fourth-order valence-electron chi connectivity index (χ4n) is 2.75. The molecule has 0 radical (unpaired) electrons. The maximum absolute atomic E-state index is 12.5. The van der Waals surface area contributed by atoms with Gasteiger partial charge in [-0.3, -0.25) is 14.9 Å². The number of nitrogens with one attached hydrogen (secondary N) is 1. The van der Waals surface area contributed by atoms with Crippen LogP contribution in [0, 0.1) is 28.4 Å². The Labute approximate surface area is 189 Å². The fourth-order valence-corrected chi connectivity index (χ4v) is 3.67. The molecule has 0 unspecified atom stereocenters. The van der Waals surface area contributed by atoms with Gasteiger partial charge in [-0.05, 0) is 48.9 Å². The summed E-state index contributed by atoms with van der Waals surface area (Å²) in [5.74, 6) is -0.780. The lowest BCUT2D eigenvalue weighted by molar-refractivity contribution is -0.384. The quantitative estimate of drug-likeness (QED) is 0.182. The van der Waals surface area contributed by atoms with Gasteiger partial charge in [-0.15, -0.1) is 0 Å². The Bertz CT molecular complexity index is 1390. The number of rotatable bonds is 7. The minimum absolute atomic E-state index is 0.000655. The number of carbonyl (C=O) groups excluding carboxylic acids is 1. The number of nitriles is 1. The highest BCUT2D eigenvalue weighted by atomic mass is 32.2. The predicted octanol–water partition coefficient (Wildman–Crippen LogP) is 4.22. The minimum Gasteiger partial charge on any atom is -0.379 e. The monoisotopic (exact) mass is 463 g/mol. The second-order valence-electron chi connectivity index (χ2n) is 6.85. The molecule has 0 aliphatic rings. The Morgan fingerprint density at radius 2 is 1.79 bits per heavy atom. The average molecular weight is 463 g/mol. The van der Waals surface area contributed by atoms with Gasteiger partial charge < -0.3 is 9.50 Å². The molecule has 0 aliphatic carbocycles. The number of hydrogen-bond donors (Lipinski definition) is 1. The molecule has 0 saturated carbocycles. The summed E-state index contributed by atoms with van der Waals surface area (Å²) in [4.78, 5) is 22.7. The molecule has 0 saturated heterocycles. The number of benzene rings is 3. The first-order valence-corrected chi connectivity index (χ1v) is 10.9. The lowest BCUT2D eigenvalue weighted by atomic mass is 10.1. The summed E-state index contributed by atoms with van der Waals surface area (Å²) < 4.78 is 30.1. The van der Waals surface area contributed by atoms with Gasteiger partial charge in [-0.1, -0.05) is 35.9 Å². The van der Waals surface area contributed by atoms with E-state index in [4.69, 9.17) is 4.18 Å². The highest BCUT2D eigenvalue weighted by molar-refractivity contribution is 7.87. The normalized spacial score (nSPS) is 11.3. The molecule has 33 heavy (non-hydrogen) atoms. The molecule has 1 N–H and O–H groups in total. The van der Waals surface area contributed by atoms with Crippen LogP contribution in [0.2, 0.25) is 0 Å². The van der Waals surface area contributed by atoms with Crippen LogP contribution < -0.4 is 9.50 Å². The molecule has 9 nitrogen and oxygen atoms in total. The van der Waals surface area contributed by atoms with Gasteiger partial charge in [-0.2, -0.15) is 13.7 Å². The van der Waals surface area contributed by atoms with Crippen LogP contribution in [-0.2, 0) is 14.9 Å². The third kappa shape index (κ3) is 6.03. The van der Waals surface area contributed by atoms with E-state index in [1.807, 2.05) is 6.92 Å². The first kappa shape index (κ1) is 23.2. The third-order valence-electron chi connectivity index (χ3n) is 4.36. The molecule has 3 rings (SSSR count). The standard InChI is InChI=1S/C23H17N3O6S/c1-16-8-10-22(11-9-16)33(30,31)32-21-7-2-4-17(13-21)12-18(15-24)23(27)25-19-5-3-6-20(14-19)26(28)29/h2-14H,1H3,(H,25,27)/b18-12+. The van der Waals surface area contributed by atoms with E-state index in [0.29, 0.717) is 5.56 Å². The van der Waals surface area contributed by atoms with E-state index >= 15 is 0 Å². The summed E-state index contributed by atoms with van der Waals surface area (Å²) in [6.45, 7) is 1.83. The number of nitrogens with zero attached hydrogens (tertiary/aromatic N) is 2. The van der Waals surface area contributed by atoms with E-state index < -0.39 is 20.9 Å². The molecule has 166 valence electrons. The number of hydrogen-bond acceptors (Lipinski definition) is 7. The van der Waals surface area contributed by atoms with Crippen LogP contribution >= 0.6 is 0 Å². The summed E-state index contributed by atoms with van der Waals surface area (Å²) in [7, 11) is -4.07. The second kappa shape index (κ2) is 9.76. The summed E-state index contributed by atoms with van der Waals surface area (Å²) in [6, 6.07) is 19.1. The van der Waals surface area contributed by atoms with Crippen molar-refractivity contribution in [3.05, 3.63) is 99.6 Å². The Hall–Kier alpha value is -4.49. The van der Waals surface area contributed by atoms with E-state index in [2.05, 4.69) is 5.32 Å². The lowest BCUT2D eigenvalue weighted by Crippen LogP contribution is -2.13. The van der Waals surface area contributed by atoms with Crippen LogP contribution in [0.4, 0.5) is 11.4 Å². The Morgan fingerprint density at radius 3 is 2.45 bits per heavy atom. The van der Waals surface area contributed by atoms with Crippen molar-refractivity contribution in [1.29, 1.82) is 5.26 Å². The van der Waals surface area contributed by atoms with Crippen LogP contribution in [0.25, 0.3) is 6.08 Å². The van der Waals surface area contributed by atoms with Crippen molar-refractivity contribution in [1.82, 2.24) is 0 Å². The molecule has 10 heteroatoms. The molecule has 0 aromatic heterocycles. The molecule has 0 atom stereocenters. The molecule has 1 amide bonds. The number of non-ortho nitro benzene ring substituents is 1. The van der Waals surface area contributed by atoms with E-state index in [1.54, 1.807) is 24.3 Å². The van der Waals surface area contributed by atoms with E-state index in [9.17, 15) is 28.6 Å². The largest absolute Gasteiger partial charge is 0.379 e. The van der Waals surface area contributed by atoms with Crippen molar-refractivity contribution in [2.75, 3.05) is 5.32 Å². The number of nitro groups is 1. The van der Waals surface area contributed by atoms with Crippen LogP contribution in [0.15, 0.2) is 83.3 Å². The van der Waals surface area contributed by atoms with Gasteiger partial charge in [0.05, 0.1) is 4.92 Å².